The van der Waals surface area contributed by atoms with Crippen molar-refractivity contribution < 1.29 is 46.9 Å². The molecule has 8 N–H and O–H groups in total. The van der Waals surface area contributed by atoms with Gasteiger partial charge in [0.1, 0.15) is 0 Å². The zero-order chi connectivity index (χ0) is 9.00. The van der Waals surface area contributed by atoms with Crippen molar-refractivity contribution in [3.8, 4) is 0 Å². The first-order chi connectivity index (χ1) is 4.00. The molecule has 0 aliphatic carbocycles. The van der Waals surface area contributed by atoms with Crippen LogP contribution in [-0.2, 0) is 0 Å². The van der Waals surface area contributed by atoms with Crippen LogP contribution in [0.25, 0.3) is 0 Å². The van der Waals surface area contributed by atoms with Gasteiger partial charge in [-0.3, -0.25) is 0 Å². The number of rotatable bonds is 0. The SMILES string of the molecule is O[Si](O)(O)O.O[Si](O)(O)O.[Ca+2].[Ca+2].[H-].[H-].[H-].[H-].[H-].[H-].[Mg+2]. The average molecular weight is 303 g/mol. The van der Waals surface area contributed by atoms with Crippen LogP contribution in [0.2, 0.25) is 0 Å². The average Bonchev–Trinajstić information content (AvgIpc) is 1.12. The Kier molecular flexibility index (Phi) is 31.0. The summed E-state index contributed by atoms with van der Waals surface area (Å²) in [5.74, 6) is 0. The smallest absolute Gasteiger partial charge is 1.00 e. The summed E-state index contributed by atoms with van der Waals surface area (Å²) in [5.41, 5.74) is 0. The maximum absolute atomic E-state index is 7.33. The van der Waals surface area contributed by atoms with Gasteiger partial charge in [0.2, 0.25) is 0 Å². The van der Waals surface area contributed by atoms with Crippen molar-refractivity contribution in [3.05, 3.63) is 0 Å². The molecule has 0 aromatic rings. The van der Waals surface area contributed by atoms with Crippen LogP contribution < -0.4 is 0 Å². The van der Waals surface area contributed by atoms with Crippen LogP contribution in [0.5, 0.6) is 0 Å². The van der Waals surface area contributed by atoms with Crippen molar-refractivity contribution in [1.82, 2.24) is 0 Å². The fraction of sp³-hybridized carbons (Fsp3) is 0. The van der Waals surface area contributed by atoms with Gasteiger partial charge < -0.3 is 46.9 Å². The molecule has 76 valence electrons. The Balaban J connectivity index is -0.00000000508. The molecule has 0 aromatic heterocycles. The number of hydrogen-bond donors (Lipinski definition) is 8. The van der Waals surface area contributed by atoms with Crippen LogP contribution in [0.1, 0.15) is 8.56 Å². The fourth-order valence-corrected chi connectivity index (χ4v) is 0. The fourth-order valence-electron chi connectivity index (χ4n) is 0. The van der Waals surface area contributed by atoms with Gasteiger partial charge in [0, 0.05) is 0 Å². The molecule has 0 unspecified atom stereocenters. The van der Waals surface area contributed by atoms with Crippen LogP contribution in [0.15, 0.2) is 0 Å². The van der Waals surface area contributed by atoms with Crippen LogP contribution in [-0.4, -0.2) is 155 Å². The molecular weight excluding hydrogens is 289 g/mol. The Morgan fingerprint density at radius 2 is 0.538 bits per heavy atom. The van der Waals surface area contributed by atoms with Gasteiger partial charge in [0.15, 0.2) is 0 Å². The van der Waals surface area contributed by atoms with E-state index in [1.54, 1.807) is 0 Å². The van der Waals surface area contributed by atoms with E-state index in [1.165, 1.54) is 0 Å². The maximum Gasteiger partial charge on any atom is 2.00 e. The minimum atomic E-state index is -4.61. The van der Waals surface area contributed by atoms with Crippen LogP contribution in [0.3, 0.4) is 0 Å². The van der Waals surface area contributed by atoms with Crippen molar-refractivity contribution in [2.24, 2.45) is 0 Å². The largest absolute Gasteiger partial charge is 2.00 e. The second-order valence-electron chi connectivity index (χ2n) is 1.20. The standard InChI is InChI=1S/2Ca.Mg.2H4O4Si.6H/c;;;2*1-5(2,3)4;;;;;;/h;;;2*1-4H;;;;;;/q3*+2;;;6*-1. The van der Waals surface area contributed by atoms with Crippen LogP contribution in [0, 0.1) is 0 Å². The monoisotopic (exact) mass is 302 g/mol. The predicted molar refractivity (Wildman–Crippen MR) is 53.2 cm³/mol. The first kappa shape index (κ1) is 29.9. The summed E-state index contributed by atoms with van der Waals surface area (Å²) in [5, 5.41) is 0. The van der Waals surface area contributed by atoms with E-state index in [0.29, 0.717) is 0 Å². The van der Waals surface area contributed by atoms with E-state index in [9.17, 15) is 0 Å². The van der Waals surface area contributed by atoms with E-state index >= 15 is 0 Å². The summed E-state index contributed by atoms with van der Waals surface area (Å²) in [4.78, 5) is 58.6. The van der Waals surface area contributed by atoms with Crippen molar-refractivity contribution >= 4 is 117 Å². The van der Waals surface area contributed by atoms with Gasteiger partial charge in [0.25, 0.3) is 0 Å². The van der Waals surface area contributed by atoms with Gasteiger partial charge in [-0.05, 0) is 0 Å². The molecule has 0 aromatic carbocycles. The van der Waals surface area contributed by atoms with Gasteiger partial charge in [0.05, 0.1) is 0 Å². The molecule has 13 heavy (non-hydrogen) atoms. The number of hydrogen-bond acceptors (Lipinski definition) is 8. The molecule has 13 heteroatoms. The third kappa shape index (κ3) is 239. The molecular formula is H14Ca2MgO8Si2. The van der Waals surface area contributed by atoms with E-state index in [2.05, 4.69) is 0 Å². The Morgan fingerprint density at radius 1 is 0.538 bits per heavy atom. The van der Waals surface area contributed by atoms with Gasteiger partial charge >= 0.3 is 117 Å². The van der Waals surface area contributed by atoms with Gasteiger partial charge in [-0.2, -0.15) is 0 Å². The Labute approximate surface area is 161 Å². The molecule has 0 spiro atoms. The molecule has 0 saturated heterocycles. The molecule has 0 aliphatic heterocycles. The molecule has 8 nitrogen and oxygen atoms in total. The van der Waals surface area contributed by atoms with Crippen molar-refractivity contribution in [1.29, 1.82) is 0 Å². The van der Waals surface area contributed by atoms with Crippen molar-refractivity contribution in [2.45, 2.75) is 0 Å². The van der Waals surface area contributed by atoms with Gasteiger partial charge in [-0.1, -0.05) is 0 Å². The van der Waals surface area contributed by atoms with Gasteiger partial charge in [-0.15, -0.1) is 0 Å². The van der Waals surface area contributed by atoms with Crippen molar-refractivity contribution in [3.63, 3.8) is 0 Å². The predicted octanol–water partition coefficient (Wildman–Crippen LogP) is -5.68. The first-order valence-corrected chi connectivity index (χ1v) is 5.37. The molecule has 0 heterocycles. The van der Waals surface area contributed by atoms with E-state index < -0.39 is 18.1 Å². The summed E-state index contributed by atoms with van der Waals surface area (Å²) in [6, 6.07) is 0. The summed E-state index contributed by atoms with van der Waals surface area (Å²) >= 11 is 0. The zero-order valence-electron chi connectivity index (χ0n) is 12.7. The van der Waals surface area contributed by atoms with Crippen LogP contribution >= 0.6 is 0 Å². The van der Waals surface area contributed by atoms with Crippen LogP contribution in [0.4, 0.5) is 0 Å². The molecule has 0 rings (SSSR count). The first-order valence-electron chi connectivity index (χ1n) is 1.79. The quantitative estimate of drug-likeness (QED) is 0.205. The molecule has 0 saturated carbocycles. The Bertz CT molecular complexity index is 80.2. The minimum Gasteiger partial charge on any atom is -1.00 e. The zero-order valence-corrected chi connectivity index (χ0v) is 14.5. The van der Waals surface area contributed by atoms with E-state index in [-0.39, 0.29) is 107 Å². The van der Waals surface area contributed by atoms with Crippen molar-refractivity contribution in [2.75, 3.05) is 0 Å². The third-order valence-electron chi connectivity index (χ3n) is 0. The molecule has 0 atom stereocenters. The second kappa shape index (κ2) is 13.5. The molecule has 0 aliphatic rings. The van der Waals surface area contributed by atoms with E-state index in [0.717, 1.165) is 0 Å². The normalized spacial score (nSPS) is 9.23. The Hall–Kier alpha value is 3.40. The van der Waals surface area contributed by atoms with E-state index in [4.69, 9.17) is 38.4 Å². The summed E-state index contributed by atoms with van der Waals surface area (Å²) in [7, 11) is -9.22. The Morgan fingerprint density at radius 3 is 0.538 bits per heavy atom. The molecule has 0 fully saturated rings. The van der Waals surface area contributed by atoms with E-state index in [1.807, 2.05) is 0 Å². The van der Waals surface area contributed by atoms with Gasteiger partial charge in [-0.25, -0.2) is 0 Å². The third-order valence-corrected chi connectivity index (χ3v) is 0. The second-order valence-corrected chi connectivity index (χ2v) is 3.60. The molecule has 0 bridgehead atoms. The summed E-state index contributed by atoms with van der Waals surface area (Å²) < 4.78 is 0. The molecule has 0 amide bonds. The molecule has 0 radical (unpaired) electrons. The minimum absolute atomic E-state index is 0. The topological polar surface area (TPSA) is 162 Å². The maximum atomic E-state index is 7.33. The summed E-state index contributed by atoms with van der Waals surface area (Å²) in [6.45, 7) is 0. The summed E-state index contributed by atoms with van der Waals surface area (Å²) in [6.07, 6.45) is 0.